The Balaban J connectivity index is 1.56. The fourth-order valence-electron chi connectivity index (χ4n) is 2.54. The molecule has 0 saturated heterocycles. The van der Waals surface area contributed by atoms with Gasteiger partial charge in [0.2, 0.25) is 11.8 Å². The van der Waals surface area contributed by atoms with Crippen LogP contribution >= 0.6 is 0 Å². The van der Waals surface area contributed by atoms with Gasteiger partial charge in [0.15, 0.2) is 5.82 Å². The normalized spacial score (nSPS) is 13.2. The summed E-state index contributed by atoms with van der Waals surface area (Å²) in [5.74, 6) is 1.07. The molecule has 0 radical (unpaired) electrons. The SMILES string of the molecule is Cc1noc(CCC(=O)Nc2ccc3c(c2)CCC3)n1. The highest BCUT2D eigenvalue weighted by atomic mass is 16.5. The highest BCUT2D eigenvalue weighted by Crippen LogP contribution is 2.24. The lowest BCUT2D eigenvalue weighted by Gasteiger charge is -2.06. The van der Waals surface area contributed by atoms with Crippen LogP contribution in [0.15, 0.2) is 22.7 Å². The largest absolute Gasteiger partial charge is 0.339 e. The number of aromatic nitrogens is 2. The molecule has 0 spiro atoms. The summed E-state index contributed by atoms with van der Waals surface area (Å²) in [6, 6.07) is 6.16. The van der Waals surface area contributed by atoms with Crippen LogP contribution in [0, 0.1) is 6.92 Å². The van der Waals surface area contributed by atoms with E-state index in [0.29, 0.717) is 24.6 Å². The zero-order valence-corrected chi connectivity index (χ0v) is 11.5. The second kappa shape index (κ2) is 5.45. The predicted octanol–water partition coefficient (Wildman–Crippen LogP) is 2.44. The van der Waals surface area contributed by atoms with Crippen LogP contribution in [0.2, 0.25) is 0 Å². The second-order valence-electron chi connectivity index (χ2n) is 5.12. The Morgan fingerprint density at radius 1 is 1.35 bits per heavy atom. The minimum absolute atomic E-state index is 0.0289. The first-order chi connectivity index (χ1) is 9.70. The Morgan fingerprint density at radius 2 is 2.20 bits per heavy atom. The van der Waals surface area contributed by atoms with Crippen molar-refractivity contribution < 1.29 is 9.32 Å². The molecule has 0 saturated carbocycles. The number of rotatable bonds is 4. The van der Waals surface area contributed by atoms with Gasteiger partial charge in [-0.15, -0.1) is 0 Å². The molecule has 0 atom stereocenters. The van der Waals surface area contributed by atoms with Gasteiger partial charge in [-0.2, -0.15) is 4.98 Å². The Hall–Kier alpha value is -2.17. The average molecular weight is 271 g/mol. The predicted molar refractivity (Wildman–Crippen MR) is 74.5 cm³/mol. The number of benzene rings is 1. The lowest BCUT2D eigenvalue weighted by atomic mass is 10.1. The summed E-state index contributed by atoms with van der Waals surface area (Å²) in [6.45, 7) is 1.76. The van der Waals surface area contributed by atoms with E-state index in [1.54, 1.807) is 6.92 Å². The molecule has 1 heterocycles. The van der Waals surface area contributed by atoms with Crippen molar-refractivity contribution in [2.75, 3.05) is 5.32 Å². The van der Waals surface area contributed by atoms with Gasteiger partial charge in [-0.1, -0.05) is 11.2 Å². The number of carbonyl (C=O) groups is 1. The van der Waals surface area contributed by atoms with Crippen molar-refractivity contribution in [2.45, 2.75) is 39.0 Å². The molecule has 2 aromatic rings. The molecule has 1 N–H and O–H groups in total. The monoisotopic (exact) mass is 271 g/mol. The molecule has 5 nitrogen and oxygen atoms in total. The van der Waals surface area contributed by atoms with Crippen LogP contribution < -0.4 is 5.32 Å². The Morgan fingerprint density at radius 3 is 3.00 bits per heavy atom. The van der Waals surface area contributed by atoms with E-state index in [2.05, 4.69) is 27.6 Å². The molecule has 0 fully saturated rings. The summed E-state index contributed by atoms with van der Waals surface area (Å²) in [5, 5.41) is 6.62. The summed E-state index contributed by atoms with van der Waals surface area (Å²) in [4.78, 5) is 16.0. The molecule has 1 aliphatic carbocycles. The lowest BCUT2D eigenvalue weighted by molar-refractivity contribution is -0.116. The minimum atomic E-state index is -0.0289. The molecular weight excluding hydrogens is 254 g/mol. The van der Waals surface area contributed by atoms with E-state index < -0.39 is 0 Å². The number of carbonyl (C=O) groups excluding carboxylic acids is 1. The van der Waals surface area contributed by atoms with Gasteiger partial charge in [0, 0.05) is 18.5 Å². The van der Waals surface area contributed by atoms with E-state index in [-0.39, 0.29) is 5.91 Å². The highest BCUT2D eigenvalue weighted by Gasteiger charge is 2.12. The van der Waals surface area contributed by atoms with Gasteiger partial charge >= 0.3 is 0 Å². The van der Waals surface area contributed by atoms with Crippen molar-refractivity contribution in [3.63, 3.8) is 0 Å². The van der Waals surface area contributed by atoms with Crippen molar-refractivity contribution in [2.24, 2.45) is 0 Å². The van der Waals surface area contributed by atoms with Crippen LogP contribution in [0.5, 0.6) is 0 Å². The maximum Gasteiger partial charge on any atom is 0.227 e. The van der Waals surface area contributed by atoms with Gasteiger partial charge in [0.1, 0.15) is 0 Å². The molecule has 20 heavy (non-hydrogen) atoms. The third kappa shape index (κ3) is 2.87. The van der Waals surface area contributed by atoms with Crippen LogP contribution in [0.3, 0.4) is 0 Å². The first-order valence-electron chi connectivity index (χ1n) is 6.91. The van der Waals surface area contributed by atoms with E-state index in [4.69, 9.17) is 4.52 Å². The van der Waals surface area contributed by atoms with Gasteiger partial charge in [-0.05, 0) is 49.4 Å². The Kier molecular flexibility index (Phi) is 3.50. The molecule has 0 aliphatic heterocycles. The van der Waals surface area contributed by atoms with E-state index in [1.807, 2.05) is 6.07 Å². The number of hydrogen-bond acceptors (Lipinski definition) is 4. The maximum atomic E-state index is 11.9. The van der Waals surface area contributed by atoms with Gasteiger partial charge in [-0.3, -0.25) is 4.79 Å². The molecule has 1 aromatic carbocycles. The van der Waals surface area contributed by atoms with Crippen molar-refractivity contribution in [3.05, 3.63) is 41.0 Å². The summed E-state index contributed by atoms with van der Waals surface area (Å²) in [6.07, 6.45) is 4.29. The van der Waals surface area contributed by atoms with E-state index in [1.165, 1.54) is 17.5 Å². The first kappa shape index (κ1) is 12.8. The fraction of sp³-hybridized carbons (Fsp3) is 0.400. The quantitative estimate of drug-likeness (QED) is 0.927. The van der Waals surface area contributed by atoms with Gasteiger partial charge in [0.05, 0.1) is 0 Å². The van der Waals surface area contributed by atoms with Crippen LogP contribution in [-0.2, 0) is 24.1 Å². The first-order valence-corrected chi connectivity index (χ1v) is 6.91. The molecular formula is C15H17N3O2. The number of fused-ring (bicyclic) bond motifs is 1. The third-order valence-corrected chi connectivity index (χ3v) is 3.52. The Bertz CT molecular complexity index is 634. The van der Waals surface area contributed by atoms with Crippen molar-refractivity contribution >= 4 is 11.6 Å². The van der Waals surface area contributed by atoms with Crippen LogP contribution in [0.25, 0.3) is 0 Å². The molecule has 104 valence electrons. The van der Waals surface area contributed by atoms with Crippen LogP contribution in [-0.4, -0.2) is 16.0 Å². The molecule has 5 heteroatoms. The number of nitrogens with one attached hydrogen (secondary N) is 1. The van der Waals surface area contributed by atoms with Crippen molar-refractivity contribution in [1.82, 2.24) is 10.1 Å². The zero-order valence-electron chi connectivity index (χ0n) is 11.5. The topological polar surface area (TPSA) is 68.0 Å². The van der Waals surface area contributed by atoms with Crippen molar-refractivity contribution in [3.8, 4) is 0 Å². The smallest absolute Gasteiger partial charge is 0.227 e. The zero-order chi connectivity index (χ0) is 13.9. The molecule has 1 amide bonds. The number of hydrogen-bond donors (Lipinski definition) is 1. The number of amides is 1. The third-order valence-electron chi connectivity index (χ3n) is 3.52. The van der Waals surface area contributed by atoms with Gasteiger partial charge in [0.25, 0.3) is 0 Å². The van der Waals surface area contributed by atoms with Gasteiger partial charge < -0.3 is 9.84 Å². The van der Waals surface area contributed by atoms with Gasteiger partial charge in [-0.25, -0.2) is 0 Å². The molecule has 0 unspecified atom stereocenters. The molecule has 0 bridgehead atoms. The highest BCUT2D eigenvalue weighted by molar-refractivity contribution is 5.90. The number of aryl methyl sites for hydroxylation is 4. The van der Waals surface area contributed by atoms with Crippen molar-refractivity contribution in [1.29, 1.82) is 0 Å². The van der Waals surface area contributed by atoms with E-state index in [0.717, 1.165) is 18.5 Å². The molecule has 3 rings (SSSR count). The number of nitrogens with zero attached hydrogens (tertiary/aromatic N) is 2. The summed E-state index contributed by atoms with van der Waals surface area (Å²) < 4.78 is 4.98. The maximum absolute atomic E-state index is 11.9. The molecule has 1 aliphatic rings. The summed E-state index contributed by atoms with van der Waals surface area (Å²) in [7, 11) is 0. The minimum Gasteiger partial charge on any atom is -0.339 e. The summed E-state index contributed by atoms with van der Waals surface area (Å²) in [5.41, 5.74) is 3.64. The number of anilines is 1. The standard InChI is InChI=1S/C15H17N3O2/c1-10-16-15(20-18-10)8-7-14(19)17-13-6-5-11-3-2-4-12(11)9-13/h5-6,9H,2-4,7-8H2,1H3,(H,17,19). The Labute approximate surface area is 117 Å². The van der Waals surface area contributed by atoms with E-state index in [9.17, 15) is 4.79 Å². The van der Waals surface area contributed by atoms with Crippen LogP contribution in [0.1, 0.15) is 35.7 Å². The fourth-order valence-corrected chi connectivity index (χ4v) is 2.54. The molecule has 1 aromatic heterocycles. The summed E-state index contributed by atoms with van der Waals surface area (Å²) >= 11 is 0. The van der Waals surface area contributed by atoms with E-state index >= 15 is 0 Å². The van der Waals surface area contributed by atoms with Crippen LogP contribution in [0.4, 0.5) is 5.69 Å². The second-order valence-corrected chi connectivity index (χ2v) is 5.12. The average Bonchev–Trinajstić information content (AvgIpc) is 3.04. The lowest BCUT2D eigenvalue weighted by Crippen LogP contribution is -2.12.